The van der Waals surface area contributed by atoms with E-state index < -0.39 is 6.04 Å². The number of ether oxygens (including phenoxy) is 3. The molecular weight excluding hydrogens is 408 g/mol. The van der Waals surface area contributed by atoms with E-state index in [1.807, 2.05) is 32.9 Å². The first kappa shape index (κ1) is 18.0. The van der Waals surface area contributed by atoms with Crippen LogP contribution in [0.1, 0.15) is 32.4 Å². The Kier molecular flexibility index (Phi) is 5.19. The zero-order valence-corrected chi connectivity index (χ0v) is 16.5. The zero-order valence-electron chi connectivity index (χ0n) is 14.1. The van der Waals surface area contributed by atoms with Gasteiger partial charge in [-0.1, -0.05) is 29.8 Å². The molecule has 3 rings (SSSR count). The number of esters is 1. The Morgan fingerprint density at radius 3 is 2.76 bits per heavy atom. The van der Waals surface area contributed by atoms with Crippen molar-refractivity contribution in [3.63, 3.8) is 0 Å². The topological polar surface area (TPSA) is 68.8 Å². The van der Waals surface area contributed by atoms with E-state index >= 15 is 0 Å². The Morgan fingerprint density at radius 1 is 1.40 bits per heavy atom. The molecule has 25 heavy (non-hydrogen) atoms. The highest BCUT2D eigenvalue weighted by Gasteiger charge is 2.33. The van der Waals surface area contributed by atoms with Gasteiger partial charge in [-0.3, -0.25) is 0 Å². The maximum atomic E-state index is 12.7. The molecule has 1 aromatic rings. The van der Waals surface area contributed by atoms with Gasteiger partial charge in [0.1, 0.15) is 0 Å². The smallest absolute Gasteiger partial charge is 0.338 e. The second-order valence-electron chi connectivity index (χ2n) is 6.29. The maximum Gasteiger partial charge on any atom is 0.338 e. The molecule has 0 aromatic heterocycles. The number of allylic oxidation sites excluding steroid dienone is 1. The Bertz CT molecular complexity index is 763. The third kappa shape index (κ3) is 3.74. The summed E-state index contributed by atoms with van der Waals surface area (Å²) in [6.45, 7) is 6.34. The molecule has 2 heterocycles. The fourth-order valence-corrected chi connectivity index (χ4v) is 3.49. The van der Waals surface area contributed by atoms with Gasteiger partial charge in [0, 0.05) is 10.2 Å². The Morgan fingerprint density at radius 2 is 2.08 bits per heavy atom. The van der Waals surface area contributed by atoms with Crippen molar-refractivity contribution >= 4 is 39.2 Å². The second kappa shape index (κ2) is 7.21. The molecule has 8 heteroatoms. The molecule has 6 nitrogen and oxygen atoms in total. The predicted molar refractivity (Wildman–Crippen MR) is 100 cm³/mol. The van der Waals surface area contributed by atoms with Crippen molar-refractivity contribution in [2.75, 3.05) is 13.4 Å². The molecule has 0 saturated carbocycles. The highest BCUT2D eigenvalue weighted by molar-refractivity contribution is 9.10. The molecule has 0 aliphatic carbocycles. The number of benzene rings is 1. The third-order valence-electron chi connectivity index (χ3n) is 3.84. The first-order valence-corrected chi connectivity index (χ1v) is 9.11. The summed E-state index contributed by atoms with van der Waals surface area (Å²) in [5, 5.41) is 6.60. The summed E-state index contributed by atoms with van der Waals surface area (Å²) >= 11 is 8.82. The molecule has 0 bridgehead atoms. The number of thiocarbonyl (C=S) groups is 1. The highest BCUT2D eigenvalue weighted by Crippen LogP contribution is 2.41. The van der Waals surface area contributed by atoms with Crippen LogP contribution in [0.4, 0.5) is 0 Å². The second-order valence-corrected chi connectivity index (χ2v) is 7.55. The molecule has 2 N–H and O–H groups in total. The molecule has 0 fully saturated rings. The normalized spacial score (nSPS) is 18.9. The van der Waals surface area contributed by atoms with Crippen molar-refractivity contribution in [3.8, 4) is 11.5 Å². The number of carbonyl (C=O) groups excluding carboxylic acids is 1. The monoisotopic (exact) mass is 426 g/mol. The fourth-order valence-electron chi connectivity index (χ4n) is 2.67. The van der Waals surface area contributed by atoms with E-state index in [0.717, 1.165) is 10.0 Å². The van der Waals surface area contributed by atoms with Crippen molar-refractivity contribution in [1.82, 2.24) is 10.6 Å². The highest BCUT2D eigenvalue weighted by atomic mass is 79.9. The molecule has 0 saturated heterocycles. The van der Waals surface area contributed by atoms with Crippen molar-refractivity contribution in [3.05, 3.63) is 33.4 Å². The lowest BCUT2D eigenvalue weighted by molar-refractivity contribution is -0.140. The van der Waals surface area contributed by atoms with Gasteiger partial charge in [0.25, 0.3) is 0 Å². The van der Waals surface area contributed by atoms with Crippen LogP contribution in [0.5, 0.6) is 11.5 Å². The predicted octanol–water partition coefficient (Wildman–Crippen LogP) is 3.17. The van der Waals surface area contributed by atoms with Gasteiger partial charge in [0.2, 0.25) is 6.79 Å². The van der Waals surface area contributed by atoms with Gasteiger partial charge in [-0.2, -0.15) is 0 Å². The zero-order chi connectivity index (χ0) is 18.1. The van der Waals surface area contributed by atoms with E-state index in [2.05, 4.69) is 26.6 Å². The van der Waals surface area contributed by atoms with E-state index in [-0.39, 0.29) is 18.7 Å². The number of hydrogen-bond donors (Lipinski definition) is 2. The van der Waals surface area contributed by atoms with Gasteiger partial charge in [-0.05, 0) is 42.8 Å². The largest absolute Gasteiger partial charge is 0.462 e. The average molecular weight is 427 g/mol. The quantitative estimate of drug-likeness (QED) is 0.565. The standard InChI is InChI=1S/C17H19BrN2O4S/c1-8(2)6-22-16(21)14-9(3)19-17(25)20-15(14)10-4-12-13(5-11(10)18)24-7-23-12/h4-5,8,15H,6-7H2,1-3H3,(H2,19,20,25). The van der Waals surface area contributed by atoms with Crippen LogP contribution in [0.2, 0.25) is 0 Å². The van der Waals surface area contributed by atoms with Crippen LogP contribution in [0.25, 0.3) is 0 Å². The first-order chi connectivity index (χ1) is 11.9. The summed E-state index contributed by atoms with van der Waals surface area (Å²) in [4.78, 5) is 12.7. The number of carbonyl (C=O) groups is 1. The molecule has 0 spiro atoms. The molecule has 134 valence electrons. The van der Waals surface area contributed by atoms with E-state index in [4.69, 9.17) is 26.4 Å². The van der Waals surface area contributed by atoms with Crippen LogP contribution < -0.4 is 20.1 Å². The van der Waals surface area contributed by atoms with Crippen LogP contribution >= 0.6 is 28.1 Å². The minimum Gasteiger partial charge on any atom is -0.462 e. The first-order valence-electron chi connectivity index (χ1n) is 7.91. The fraction of sp³-hybridized carbons (Fsp3) is 0.412. The van der Waals surface area contributed by atoms with Gasteiger partial charge >= 0.3 is 5.97 Å². The molecule has 1 unspecified atom stereocenters. The lowest BCUT2D eigenvalue weighted by Crippen LogP contribution is -2.45. The Hall–Kier alpha value is -1.80. The van der Waals surface area contributed by atoms with Gasteiger partial charge in [-0.25, -0.2) is 4.79 Å². The van der Waals surface area contributed by atoms with E-state index in [9.17, 15) is 4.79 Å². The number of nitrogens with one attached hydrogen (secondary N) is 2. The summed E-state index contributed by atoms with van der Waals surface area (Å²) in [5.74, 6) is 1.18. The van der Waals surface area contributed by atoms with Gasteiger partial charge in [0.05, 0.1) is 18.2 Å². The number of fused-ring (bicyclic) bond motifs is 1. The molecule has 2 aliphatic rings. The van der Waals surface area contributed by atoms with Crippen LogP contribution in [0, 0.1) is 5.92 Å². The van der Waals surface area contributed by atoms with Crippen molar-refractivity contribution in [2.24, 2.45) is 5.92 Å². The van der Waals surface area contributed by atoms with Gasteiger partial charge in [0.15, 0.2) is 16.6 Å². The van der Waals surface area contributed by atoms with Crippen molar-refractivity contribution in [2.45, 2.75) is 26.8 Å². The van der Waals surface area contributed by atoms with E-state index in [1.54, 1.807) is 0 Å². The van der Waals surface area contributed by atoms with Crippen LogP contribution in [-0.4, -0.2) is 24.5 Å². The van der Waals surface area contributed by atoms with Crippen LogP contribution in [0.3, 0.4) is 0 Å². The lowest BCUT2D eigenvalue weighted by atomic mass is 9.95. The number of hydrogen-bond acceptors (Lipinski definition) is 5. The number of rotatable bonds is 4. The van der Waals surface area contributed by atoms with E-state index in [1.165, 1.54) is 0 Å². The lowest BCUT2D eigenvalue weighted by Gasteiger charge is -2.30. The van der Waals surface area contributed by atoms with Crippen molar-refractivity contribution in [1.29, 1.82) is 0 Å². The minimum atomic E-state index is -0.447. The summed E-state index contributed by atoms with van der Waals surface area (Å²) in [6, 6.07) is 3.23. The van der Waals surface area contributed by atoms with Crippen molar-refractivity contribution < 1.29 is 19.0 Å². The SMILES string of the molecule is CC1=C(C(=O)OCC(C)C)C(c2cc3c(cc2Br)OCO3)NC(=S)N1. The molecule has 1 atom stereocenters. The van der Waals surface area contributed by atoms with Crippen LogP contribution in [0.15, 0.2) is 27.9 Å². The summed E-state index contributed by atoms with van der Waals surface area (Å²) < 4.78 is 17.1. The maximum absolute atomic E-state index is 12.7. The van der Waals surface area contributed by atoms with E-state index in [0.29, 0.717) is 34.5 Å². The van der Waals surface area contributed by atoms with Gasteiger partial charge < -0.3 is 24.8 Å². The Balaban J connectivity index is 1.99. The molecule has 0 radical (unpaired) electrons. The number of halogens is 1. The molecule has 0 amide bonds. The summed E-state index contributed by atoms with van der Waals surface area (Å²) in [6.07, 6.45) is 0. The molecular formula is C17H19BrN2O4S. The summed E-state index contributed by atoms with van der Waals surface area (Å²) in [5.41, 5.74) is 1.99. The minimum absolute atomic E-state index is 0.182. The Labute approximate surface area is 160 Å². The van der Waals surface area contributed by atoms with Crippen LogP contribution in [-0.2, 0) is 9.53 Å². The summed E-state index contributed by atoms with van der Waals surface area (Å²) in [7, 11) is 0. The molecule has 1 aromatic carbocycles. The molecule has 2 aliphatic heterocycles. The average Bonchev–Trinajstić information content (AvgIpc) is 2.98. The van der Waals surface area contributed by atoms with Gasteiger partial charge in [-0.15, -0.1) is 0 Å². The third-order valence-corrected chi connectivity index (χ3v) is 4.75.